The first kappa shape index (κ1) is 21.9. The predicted molar refractivity (Wildman–Crippen MR) is 126 cm³/mol. The Kier molecular flexibility index (Phi) is 6.69. The maximum atomic E-state index is 13.6. The Morgan fingerprint density at radius 1 is 1.16 bits per heavy atom. The van der Waals surface area contributed by atoms with Gasteiger partial charge in [0.1, 0.15) is 5.82 Å². The number of likely N-dealkylation sites (tertiary alicyclic amines) is 1. The van der Waals surface area contributed by atoms with Crippen molar-refractivity contribution in [1.82, 2.24) is 19.9 Å². The van der Waals surface area contributed by atoms with Crippen LogP contribution < -0.4 is 10.6 Å². The quantitative estimate of drug-likeness (QED) is 0.514. The Morgan fingerprint density at radius 2 is 1.90 bits per heavy atom. The van der Waals surface area contributed by atoms with Crippen LogP contribution in [0.25, 0.3) is 21.8 Å². The van der Waals surface area contributed by atoms with Crippen molar-refractivity contribution in [2.75, 3.05) is 30.8 Å². The number of nitrogens with one attached hydrogen (secondary N) is 2. The lowest BCUT2D eigenvalue weighted by atomic mass is 10.1. The monoisotopic (exact) mass is 460 g/mol. The summed E-state index contributed by atoms with van der Waals surface area (Å²) < 4.78 is 13.6. The molecule has 6 nitrogen and oxygen atoms in total. The lowest BCUT2D eigenvalue weighted by molar-refractivity contribution is 0.263. The second-order valence-corrected chi connectivity index (χ2v) is 9.57. The summed E-state index contributed by atoms with van der Waals surface area (Å²) in [6.07, 6.45) is 3.87. The van der Waals surface area contributed by atoms with Crippen molar-refractivity contribution in [3.8, 4) is 21.8 Å². The SMILES string of the molecule is CC(C)Nc1ncc(-c2cc(-c3ccc(F)cc3Cl)nc(NC3CCN(C)CC3)n2)s1. The number of halogens is 2. The zero-order valence-electron chi connectivity index (χ0n) is 17.8. The highest BCUT2D eigenvalue weighted by Gasteiger charge is 2.19. The second-order valence-electron chi connectivity index (χ2n) is 8.14. The molecule has 3 heterocycles. The Labute approximate surface area is 190 Å². The highest BCUT2D eigenvalue weighted by Crippen LogP contribution is 2.34. The number of aromatic nitrogens is 3. The van der Waals surface area contributed by atoms with Crippen LogP contribution in [0.2, 0.25) is 5.02 Å². The summed E-state index contributed by atoms with van der Waals surface area (Å²) in [6.45, 7) is 6.22. The summed E-state index contributed by atoms with van der Waals surface area (Å²) in [7, 11) is 2.13. The topological polar surface area (TPSA) is 66.0 Å². The van der Waals surface area contributed by atoms with Crippen LogP contribution in [-0.2, 0) is 0 Å². The minimum Gasteiger partial charge on any atom is -0.359 e. The van der Waals surface area contributed by atoms with E-state index in [1.807, 2.05) is 12.3 Å². The molecule has 0 saturated carbocycles. The van der Waals surface area contributed by atoms with Crippen molar-refractivity contribution >= 4 is 34.0 Å². The fourth-order valence-electron chi connectivity index (χ4n) is 3.51. The molecule has 0 bridgehead atoms. The number of anilines is 2. The molecule has 9 heteroatoms. The van der Waals surface area contributed by atoms with E-state index in [0.29, 0.717) is 34.3 Å². The minimum atomic E-state index is -0.375. The lowest BCUT2D eigenvalue weighted by Gasteiger charge is -2.29. The third-order valence-corrected chi connectivity index (χ3v) is 6.42. The Hall–Kier alpha value is -2.29. The normalized spacial score (nSPS) is 15.4. The summed E-state index contributed by atoms with van der Waals surface area (Å²) in [5, 5.41) is 7.98. The fraction of sp³-hybridized carbons (Fsp3) is 0.409. The molecule has 1 fully saturated rings. The number of hydrogen-bond donors (Lipinski definition) is 2. The van der Waals surface area contributed by atoms with Gasteiger partial charge >= 0.3 is 0 Å². The van der Waals surface area contributed by atoms with Crippen molar-refractivity contribution < 1.29 is 4.39 Å². The summed E-state index contributed by atoms with van der Waals surface area (Å²) in [5.41, 5.74) is 2.08. The van der Waals surface area contributed by atoms with E-state index in [2.05, 4.69) is 41.4 Å². The average molecular weight is 461 g/mol. The maximum Gasteiger partial charge on any atom is 0.224 e. The van der Waals surface area contributed by atoms with Crippen molar-refractivity contribution in [2.45, 2.75) is 38.8 Å². The van der Waals surface area contributed by atoms with E-state index in [1.165, 1.54) is 23.5 Å². The molecule has 2 N–H and O–H groups in total. The van der Waals surface area contributed by atoms with Crippen LogP contribution in [0.3, 0.4) is 0 Å². The first-order valence-electron chi connectivity index (χ1n) is 10.4. The molecule has 3 aromatic rings. The van der Waals surface area contributed by atoms with Crippen molar-refractivity contribution in [2.24, 2.45) is 0 Å². The van der Waals surface area contributed by atoms with Crippen LogP contribution >= 0.6 is 22.9 Å². The smallest absolute Gasteiger partial charge is 0.224 e. The highest BCUT2D eigenvalue weighted by atomic mass is 35.5. The summed E-state index contributed by atoms with van der Waals surface area (Å²) in [6, 6.07) is 6.83. The van der Waals surface area contributed by atoms with Crippen molar-refractivity contribution in [3.63, 3.8) is 0 Å². The van der Waals surface area contributed by atoms with Gasteiger partial charge in [0, 0.05) is 23.8 Å². The van der Waals surface area contributed by atoms with Gasteiger partial charge < -0.3 is 15.5 Å². The predicted octanol–water partition coefficient (Wildman–Crippen LogP) is 5.39. The third kappa shape index (κ3) is 5.50. The largest absolute Gasteiger partial charge is 0.359 e. The third-order valence-electron chi connectivity index (χ3n) is 5.16. The molecular weight excluding hydrogens is 435 g/mol. The molecule has 4 rings (SSSR count). The molecule has 0 atom stereocenters. The van der Waals surface area contributed by atoms with Gasteiger partial charge in [-0.1, -0.05) is 22.9 Å². The Morgan fingerprint density at radius 3 is 2.61 bits per heavy atom. The van der Waals surface area contributed by atoms with E-state index in [9.17, 15) is 4.39 Å². The van der Waals surface area contributed by atoms with Gasteiger partial charge in [0.2, 0.25) is 5.95 Å². The molecule has 0 aliphatic carbocycles. The van der Waals surface area contributed by atoms with Crippen molar-refractivity contribution in [1.29, 1.82) is 0 Å². The maximum absolute atomic E-state index is 13.6. The molecule has 2 aromatic heterocycles. The number of rotatable bonds is 6. The van der Waals surface area contributed by atoms with E-state index in [4.69, 9.17) is 21.6 Å². The summed E-state index contributed by atoms with van der Waals surface area (Å²) in [4.78, 5) is 17.2. The molecule has 164 valence electrons. The van der Waals surface area contributed by atoms with Crippen LogP contribution in [0.5, 0.6) is 0 Å². The Bertz CT molecular complexity index is 1050. The summed E-state index contributed by atoms with van der Waals surface area (Å²) >= 11 is 7.88. The van der Waals surface area contributed by atoms with Crippen LogP contribution in [0.1, 0.15) is 26.7 Å². The van der Waals surface area contributed by atoms with Gasteiger partial charge in [0.25, 0.3) is 0 Å². The van der Waals surface area contributed by atoms with E-state index in [0.717, 1.165) is 41.6 Å². The Balaban J connectivity index is 1.70. The first-order chi connectivity index (χ1) is 14.9. The van der Waals surface area contributed by atoms with Gasteiger partial charge in [-0.2, -0.15) is 0 Å². The van der Waals surface area contributed by atoms with E-state index in [-0.39, 0.29) is 5.82 Å². The van der Waals surface area contributed by atoms with Gasteiger partial charge in [-0.15, -0.1) is 0 Å². The number of thiazole rings is 1. The van der Waals surface area contributed by atoms with E-state index >= 15 is 0 Å². The molecule has 0 radical (unpaired) electrons. The fourth-order valence-corrected chi connectivity index (χ4v) is 4.70. The standard InChI is InChI=1S/C22H26ClFN6S/c1-13(2)26-22-25-12-20(31-22)19-11-18(16-5-4-14(24)10-17(16)23)28-21(29-19)27-15-6-8-30(3)9-7-15/h4-5,10-13,15H,6-9H2,1-3H3,(H,25,26)(H,27,28,29). The molecule has 0 spiro atoms. The van der Waals surface area contributed by atoms with Crippen LogP contribution in [0, 0.1) is 5.82 Å². The number of piperidine rings is 1. The lowest BCUT2D eigenvalue weighted by Crippen LogP contribution is -2.37. The van der Waals surface area contributed by atoms with E-state index < -0.39 is 0 Å². The highest BCUT2D eigenvalue weighted by molar-refractivity contribution is 7.18. The van der Waals surface area contributed by atoms with Gasteiger partial charge in [0.15, 0.2) is 5.13 Å². The average Bonchev–Trinajstić information content (AvgIpc) is 3.17. The number of hydrogen-bond acceptors (Lipinski definition) is 7. The van der Waals surface area contributed by atoms with Crippen molar-refractivity contribution in [3.05, 3.63) is 41.3 Å². The zero-order valence-corrected chi connectivity index (χ0v) is 19.4. The van der Waals surface area contributed by atoms with Gasteiger partial charge in [-0.3, -0.25) is 0 Å². The molecule has 1 saturated heterocycles. The molecule has 0 unspecified atom stereocenters. The molecule has 1 aliphatic rings. The minimum absolute atomic E-state index is 0.291. The molecule has 1 aromatic carbocycles. The van der Waals surface area contributed by atoms with Crippen LogP contribution in [0.15, 0.2) is 30.5 Å². The number of nitrogens with zero attached hydrogens (tertiary/aromatic N) is 4. The van der Waals surface area contributed by atoms with Crippen LogP contribution in [-0.4, -0.2) is 52.1 Å². The molecule has 0 amide bonds. The second kappa shape index (κ2) is 9.46. The zero-order chi connectivity index (χ0) is 22.0. The first-order valence-corrected chi connectivity index (χ1v) is 11.6. The molecular formula is C22H26ClFN6S. The van der Waals surface area contributed by atoms with Crippen LogP contribution in [0.4, 0.5) is 15.5 Å². The van der Waals surface area contributed by atoms with Gasteiger partial charge in [-0.25, -0.2) is 19.3 Å². The van der Waals surface area contributed by atoms with Gasteiger partial charge in [0.05, 0.1) is 21.3 Å². The summed E-state index contributed by atoms with van der Waals surface area (Å²) in [5.74, 6) is 0.175. The number of benzene rings is 1. The molecule has 1 aliphatic heterocycles. The molecule has 31 heavy (non-hydrogen) atoms. The van der Waals surface area contributed by atoms with Gasteiger partial charge in [-0.05, 0) is 71.1 Å². The van der Waals surface area contributed by atoms with E-state index in [1.54, 1.807) is 6.07 Å².